The molecule has 0 unspecified atom stereocenters. The molecule has 0 aliphatic heterocycles. The predicted molar refractivity (Wildman–Crippen MR) is 95.1 cm³/mol. The van der Waals surface area contributed by atoms with Crippen LogP contribution in [-0.2, 0) is 11.3 Å². The van der Waals surface area contributed by atoms with Gasteiger partial charge in [-0.15, -0.1) is 0 Å². The quantitative estimate of drug-likeness (QED) is 0.594. The molecule has 0 saturated heterocycles. The molecule has 6 nitrogen and oxygen atoms in total. The molecule has 1 aromatic heterocycles. The molecule has 1 aromatic carbocycles. The molecule has 122 valence electrons. The number of thiocarbonyl (C=S) groups is 1. The van der Waals surface area contributed by atoms with E-state index in [1.165, 1.54) is 0 Å². The molecule has 0 atom stereocenters. The van der Waals surface area contributed by atoms with Crippen LogP contribution in [0.1, 0.15) is 22.5 Å². The van der Waals surface area contributed by atoms with Crippen molar-refractivity contribution in [3.63, 3.8) is 0 Å². The second-order valence-corrected chi connectivity index (χ2v) is 6.00. The Bertz CT molecular complexity index is 718. The number of hydrazine groups is 1. The zero-order valence-corrected chi connectivity index (χ0v) is 14.5. The third-order valence-electron chi connectivity index (χ3n) is 3.19. The minimum absolute atomic E-state index is 0.138. The fourth-order valence-electron chi connectivity index (χ4n) is 2.35. The molecule has 0 fully saturated rings. The number of rotatable bonds is 3. The van der Waals surface area contributed by atoms with E-state index >= 15 is 0 Å². The molecular formula is C16H21N5OS. The van der Waals surface area contributed by atoms with E-state index in [2.05, 4.69) is 27.3 Å². The average Bonchev–Trinajstić information content (AvgIpc) is 2.73. The Labute approximate surface area is 141 Å². The molecule has 0 saturated carbocycles. The number of benzene rings is 1. The largest absolute Gasteiger partial charge is 0.331 e. The Morgan fingerprint density at radius 3 is 2.30 bits per heavy atom. The van der Waals surface area contributed by atoms with Crippen LogP contribution >= 0.6 is 12.2 Å². The molecule has 2 rings (SSSR count). The SMILES string of the molecule is Cc1cc(C)cc(NC(=S)NNC(=O)Cn2nc(C)cc2C)c1. The molecule has 0 bridgehead atoms. The minimum atomic E-state index is -0.222. The van der Waals surface area contributed by atoms with Gasteiger partial charge in [0.2, 0.25) is 0 Å². The normalized spacial score (nSPS) is 10.3. The highest BCUT2D eigenvalue weighted by Crippen LogP contribution is 2.13. The van der Waals surface area contributed by atoms with Crippen molar-refractivity contribution >= 4 is 28.9 Å². The van der Waals surface area contributed by atoms with E-state index in [1.807, 2.05) is 45.9 Å². The molecule has 23 heavy (non-hydrogen) atoms. The van der Waals surface area contributed by atoms with Crippen molar-refractivity contribution in [2.24, 2.45) is 0 Å². The highest BCUT2D eigenvalue weighted by Gasteiger charge is 2.07. The molecule has 0 aliphatic rings. The Morgan fingerprint density at radius 1 is 1.09 bits per heavy atom. The van der Waals surface area contributed by atoms with Gasteiger partial charge in [-0.3, -0.25) is 20.3 Å². The highest BCUT2D eigenvalue weighted by molar-refractivity contribution is 7.80. The third-order valence-corrected chi connectivity index (χ3v) is 3.40. The number of aryl methyl sites for hydroxylation is 4. The van der Waals surface area contributed by atoms with Crippen molar-refractivity contribution in [2.45, 2.75) is 34.2 Å². The summed E-state index contributed by atoms with van der Waals surface area (Å²) in [6.07, 6.45) is 0. The molecule has 2 aromatic rings. The fourth-order valence-corrected chi connectivity index (χ4v) is 2.52. The van der Waals surface area contributed by atoms with E-state index in [1.54, 1.807) is 4.68 Å². The maximum Gasteiger partial charge on any atom is 0.260 e. The predicted octanol–water partition coefficient (Wildman–Crippen LogP) is 2.13. The van der Waals surface area contributed by atoms with E-state index in [0.29, 0.717) is 5.11 Å². The molecule has 7 heteroatoms. The number of nitrogens with one attached hydrogen (secondary N) is 3. The van der Waals surface area contributed by atoms with Crippen LogP contribution in [-0.4, -0.2) is 20.8 Å². The molecule has 3 N–H and O–H groups in total. The van der Waals surface area contributed by atoms with Gasteiger partial charge in [0.05, 0.1) is 5.69 Å². The number of amides is 1. The first-order valence-electron chi connectivity index (χ1n) is 7.28. The van der Waals surface area contributed by atoms with Crippen molar-refractivity contribution in [1.82, 2.24) is 20.6 Å². The topological polar surface area (TPSA) is 71.0 Å². The molecule has 0 aliphatic carbocycles. The van der Waals surface area contributed by atoms with E-state index in [9.17, 15) is 4.79 Å². The van der Waals surface area contributed by atoms with Crippen LogP contribution in [0.2, 0.25) is 0 Å². The number of carbonyl (C=O) groups excluding carboxylic acids is 1. The minimum Gasteiger partial charge on any atom is -0.331 e. The van der Waals surface area contributed by atoms with Crippen LogP contribution in [0.3, 0.4) is 0 Å². The maximum atomic E-state index is 11.9. The van der Waals surface area contributed by atoms with Gasteiger partial charge >= 0.3 is 0 Å². The van der Waals surface area contributed by atoms with Gasteiger partial charge in [0.25, 0.3) is 5.91 Å². The number of hydrogen-bond acceptors (Lipinski definition) is 3. The van der Waals surface area contributed by atoms with Crippen LogP contribution in [0.15, 0.2) is 24.3 Å². The van der Waals surface area contributed by atoms with E-state index in [-0.39, 0.29) is 12.5 Å². The van der Waals surface area contributed by atoms with Crippen molar-refractivity contribution in [3.8, 4) is 0 Å². The molecule has 1 amide bonds. The number of hydrogen-bond donors (Lipinski definition) is 3. The lowest BCUT2D eigenvalue weighted by atomic mass is 10.1. The van der Waals surface area contributed by atoms with Crippen molar-refractivity contribution in [1.29, 1.82) is 0 Å². The van der Waals surface area contributed by atoms with Crippen LogP contribution in [0.5, 0.6) is 0 Å². The van der Waals surface area contributed by atoms with E-state index < -0.39 is 0 Å². The van der Waals surface area contributed by atoms with E-state index in [4.69, 9.17) is 12.2 Å². The van der Waals surface area contributed by atoms with Gasteiger partial charge in [-0.25, -0.2) is 0 Å². The smallest absolute Gasteiger partial charge is 0.260 e. The average molecular weight is 331 g/mol. The molecular weight excluding hydrogens is 310 g/mol. The number of aromatic nitrogens is 2. The number of anilines is 1. The maximum absolute atomic E-state index is 11.9. The molecule has 0 radical (unpaired) electrons. The zero-order chi connectivity index (χ0) is 17.0. The van der Waals surface area contributed by atoms with Gasteiger partial charge in [0.15, 0.2) is 5.11 Å². The number of nitrogens with zero attached hydrogens (tertiary/aromatic N) is 2. The van der Waals surface area contributed by atoms with Gasteiger partial charge in [-0.2, -0.15) is 5.10 Å². The summed E-state index contributed by atoms with van der Waals surface area (Å²) >= 11 is 5.18. The van der Waals surface area contributed by atoms with E-state index in [0.717, 1.165) is 28.2 Å². The second-order valence-electron chi connectivity index (χ2n) is 5.59. The summed E-state index contributed by atoms with van der Waals surface area (Å²) in [4.78, 5) is 11.9. The monoisotopic (exact) mass is 331 g/mol. The Balaban J connectivity index is 1.84. The Hall–Kier alpha value is -2.41. The van der Waals surface area contributed by atoms with Gasteiger partial charge in [0, 0.05) is 11.4 Å². The van der Waals surface area contributed by atoms with Gasteiger partial charge < -0.3 is 5.32 Å². The first kappa shape index (κ1) is 17.0. The lowest BCUT2D eigenvalue weighted by molar-refractivity contribution is -0.122. The summed E-state index contributed by atoms with van der Waals surface area (Å²) in [6.45, 7) is 7.98. The van der Waals surface area contributed by atoms with Gasteiger partial charge in [-0.05, 0) is 69.2 Å². The van der Waals surface area contributed by atoms with Gasteiger partial charge in [-0.1, -0.05) is 6.07 Å². The summed E-state index contributed by atoms with van der Waals surface area (Å²) in [5.74, 6) is -0.222. The lowest BCUT2D eigenvalue weighted by Crippen LogP contribution is -2.45. The van der Waals surface area contributed by atoms with Crippen LogP contribution in [0, 0.1) is 27.7 Å². The highest BCUT2D eigenvalue weighted by atomic mass is 32.1. The van der Waals surface area contributed by atoms with Crippen molar-refractivity contribution < 1.29 is 4.79 Å². The summed E-state index contributed by atoms with van der Waals surface area (Å²) in [6, 6.07) is 7.97. The first-order valence-corrected chi connectivity index (χ1v) is 7.69. The lowest BCUT2D eigenvalue weighted by Gasteiger charge is -2.13. The summed E-state index contributed by atoms with van der Waals surface area (Å²) in [5, 5.41) is 7.62. The zero-order valence-electron chi connectivity index (χ0n) is 13.7. The van der Waals surface area contributed by atoms with Crippen LogP contribution in [0.25, 0.3) is 0 Å². The van der Waals surface area contributed by atoms with Gasteiger partial charge in [0.1, 0.15) is 6.54 Å². The Morgan fingerprint density at radius 2 is 1.74 bits per heavy atom. The molecule has 0 spiro atoms. The third kappa shape index (κ3) is 5.07. The van der Waals surface area contributed by atoms with Crippen molar-refractivity contribution in [2.75, 3.05) is 5.32 Å². The summed E-state index contributed by atoms with van der Waals surface area (Å²) in [7, 11) is 0. The number of carbonyl (C=O) groups is 1. The van der Waals surface area contributed by atoms with Crippen LogP contribution in [0.4, 0.5) is 5.69 Å². The first-order chi connectivity index (χ1) is 10.8. The second kappa shape index (κ2) is 7.23. The fraction of sp³-hybridized carbons (Fsp3) is 0.312. The standard InChI is InChI=1S/C16H21N5OS/c1-10-5-11(2)7-14(6-10)17-16(23)19-18-15(22)9-21-13(4)8-12(3)20-21/h5-8H,9H2,1-4H3,(H,18,22)(H2,17,19,23). The summed E-state index contributed by atoms with van der Waals surface area (Å²) in [5.41, 5.74) is 10.2. The van der Waals surface area contributed by atoms with Crippen molar-refractivity contribution in [3.05, 3.63) is 46.8 Å². The Kier molecular flexibility index (Phi) is 5.33. The summed E-state index contributed by atoms with van der Waals surface area (Å²) < 4.78 is 1.65. The van der Waals surface area contributed by atoms with Crippen LogP contribution < -0.4 is 16.2 Å². The molecule has 1 heterocycles.